The Morgan fingerprint density at radius 2 is 1.95 bits per heavy atom. The maximum absolute atomic E-state index is 12.7. The fraction of sp³-hybridized carbons (Fsp3) is 0.0909. The quantitative estimate of drug-likeness (QED) is 0.619. The van der Waals surface area contributed by atoms with Gasteiger partial charge in [0.05, 0.1) is 4.47 Å². The molecule has 0 aliphatic rings. The van der Waals surface area contributed by atoms with Crippen LogP contribution in [0.1, 0.15) is 5.82 Å². The molecule has 5 nitrogen and oxygen atoms in total. The molecule has 10 heteroatoms. The Kier molecular flexibility index (Phi) is 4.55. The lowest BCUT2D eigenvalue weighted by Crippen LogP contribution is -2.16. The van der Waals surface area contributed by atoms with Crippen molar-refractivity contribution in [2.45, 2.75) is 6.18 Å². The Hall–Kier alpha value is -1.58. The summed E-state index contributed by atoms with van der Waals surface area (Å²) >= 11 is 8.95. The van der Waals surface area contributed by atoms with E-state index in [1.54, 1.807) is 0 Å². The van der Waals surface area contributed by atoms with Crippen molar-refractivity contribution in [3.63, 3.8) is 0 Å². The molecule has 0 amide bonds. The zero-order valence-electron chi connectivity index (χ0n) is 10.1. The minimum absolute atomic E-state index is 0.225. The van der Waals surface area contributed by atoms with Crippen LogP contribution in [0.4, 0.5) is 19.0 Å². The molecule has 0 unspecified atom stereocenters. The van der Waals surface area contributed by atoms with Crippen LogP contribution in [0.2, 0.25) is 5.02 Å². The number of hydrogen-bond donors (Lipinski definition) is 2. The van der Waals surface area contributed by atoms with Gasteiger partial charge in [0.2, 0.25) is 11.7 Å². The average Bonchev–Trinajstić information content (AvgIpc) is 2.40. The number of benzene rings is 1. The Bertz CT molecular complexity index is 668. The average molecular weight is 384 g/mol. The number of nitrogens with two attached hydrogens (primary N) is 1. The van der Waals surface area contributed by atoms with E-state index in [2.05, 4.69) is 25.9 Å². The first-order valence-corrected chi connectivity index (χ1v) is 6.52. The number of anilines is 1. The van der Waals surface area contributed by atoms with Crippen molar-refractivity contribution in [2.24, 2.45) is 5.84 Å². The predicted octanol–water partition coefficient (Wildman–Crippen LogP) is 3.99. The summed E-state index contributed by atoms with van der Waals surface area (Å²) in [5.41, 5.74) is 2.03. The maximum atomic E-state index is 12.7. The van der Waals surface area contributed by atoms with Crippen LogP contribution in [0.15, 0.2) is 28.7 Å². The summed E-state index contributed by atoms with van der Waals surface area (Å²) in [7, 11) is 0. The van der Waals surface area contributed by atoms with E-state index in [1.165, 1.54) is 18.2 Å². The molecule has 1 aromatic heterocycles. The van der Waals surface area contributed by atoms with E-state index in [-0.39, 0.29) is 17.4 Å². The minimum Gasteiger partial charge on any atom is -0.438 e. The van der Waals surface area contributed by atoms with Gasteiger partial charge < -0.3 is 10.2 Å². The lowest BCUT2D eigenvalue weighted by molar-refractivity contribution is -0.145. The molecule has 0 bridgehead atoms. The van der Waals surface area contributed by atoms with E-state index < -0.39 is 12.0 Å². The van der Waals surface area contributed by atoms with Crippen LogP contribution in [0, 0.1) is 0 Å². The molecule has 1 aromatic carbocycles. The topological polar surface area (TPSA) is 73.1 Å². The van der Waals surface area contributed by atoms with E-state index in [0.717, 1.165) is 6.07 Å². The molecule has 0 fully saturated rings. The third-order valence-electron chi connectivity index (χ3n) is 2.21. The Morgan fingerprint density at radius 3 is 2.52 bits per heavy atom. The number of alkyl halides is 3. The second-order valence-electron chi connectivity index (χ2n) is 3.73. The van der Waals surface area contributed by atoms with E-state index in [4.69, 9.17) is 22.2 Å². The summed E-state index contributed by atoms with van der Waals surface area (Å²) in [5.74, 6) is 3.43. The molecule has 2 rings (SSSR count). The summed E-state index contributed by atoms with van der Waals surface area (Å²) in [5, 5.41) is 0.442. The summed E-state index contributed by atoms with van der Waals surface area (Å²) in [4.78, 5) is 6.52. The zero-order chi connectivity index (χ0) is 15.6. The molecule has 2 aromatic rings. The lowest BCUT2D eigenvalue weighted by Gasteiger charge is -2.11. The van der Waals surface area contributed by atoms with Gasteiger partial charge in [-0.3, -0.25) is 0 Å². The van der Waals surface area contributed by atoms with Gasteiger partial charge in [-0.2, -0.15) is 18.2 Å². The zero-order valence-corrected chi connectivity index (χ0v) is 12.4. The summed E-state index contributed by atoms with van der Waals surface area (Å²) < 4.78 is 43.8. The fourth-order valence-electron chi connectivity index (χ4n) is 1.35. The number of hydrazine groups is 1. The number of nitrogen functional groups attached to an aromatic ring is 1. The molecule has 3 N–H and O–H groups in total. The SMILES string of the molecule is NNc1cc(Oc2ccc(Cl)cc2Br)nc(C(F)(F)F)n1. The van der Waals surface area contributed by atoms with Gasteiger partial charge in [0.25, 0.3) is 0 Å². The predicted molar refractivity (Wildman–Crippen MR) is 74.1 cm³/mol. The van der Waals surface area contributed by atoms with Crippen LogP contribution in [0.3, 0.4) is 0 Å². The number of aromatic nitrogens is 2. The van der Waals surface area contributed by atoms with Crippen LogP contribution in [-0.4, -0.2) is 9.97 Å². The summed E-state index contributed by atoms with van der Waals surface area (Å²) in [6.07, 6.45) is -4.72. The molecule has 0 saturated heterocycles. The molecule has 0 aliphatic carbocycles. The smallest absolute Gasteiger partial charge is 0.438 e. The van der Waals surface area contributed by atoms with Gasteiger partial charge in [0, 0.05) is 11.1 Å². The number of nitrogens with one attached hydrogen (secondary N) is 1. The van der Waals surface area contributed by atoms with Gasteiger partial charge in [0.1, 0.15) is 11.6 Å². The Morgan fingerprint density at radius 1 is 1.24 bits per heavy atom. The third-order valence-corrected chi connectivity index (χ3v) is 3.07. The van der Waals surface area contributed by atoms with Crippen LogP contribution < -0.4 is 16.0 Å². The van der Waals surface area contributed by atoms with Gasteiger partial charge in [0.15, 0.2) is 0 Å². The largest absolute Gasteiger partial charge is 0.451 e. The fourth-order valence-corrected chi connectivity index (χ4v) is 2.11. The second-order valence-corrected chi connectivity index (χ2v) is 5.02. The molecule has 0 atom stereocenters. The number of ether oxygens (including phenoxy) is 1. The van der Waals surface area contributed by atoms with E-state index in [0.29, 0.717) is 9.50 Å². The van der Waals surface area contributed by atoms with Crippen molar-refractivity contribution in [3.05, 3.63) is 39.6 Å². The van der Waals surface area contributed by atoms with E-state index in [1.807, 2.05) is 5.43 Å². The van der Waals surface area contributed by atoms with E-state index in [9.17, 15) is 13.2 Å². The van der Waals surface area contributed by atoms with Gasteiger partial charge in [-0.05, 0) is 34.1 Å². The molecule has 21 heavy (non-hydrogen) atoms. The first-order chi connectivity index (χ1) is 9.79. The van der Waals surface area contributed by atoms with Crippen molar-refractivity contribution in [1.29, 1.82) is 0 Å². The standard InChI is InChI=1S/C11H7BrClF3N4O/c12-6-3-5(13)1-2-7(6)21-9-4-8(20-17)18-10(19-9)11(14,15)16/h1-4H,17H2,(H,18,19,20). The third kappa shape index (κ3) is 3.96. The molecule has 0 radical (unpaired) electrons. The Balaban J connectivity index is 2.39. The molecular formula is C11H7BrClF3N4O. The molecule has 0 aliphatic heterocycles. The first-order valence-electron chi connectivity index (χ1n) is 5.35. The lowest BCUT2D eigenvalue weighted by atomic mass is 10.3. The van der Waals surface area contributed by atoms with Crippen LogP contribution in [0.5, 0.6) is 11.6 Å². The second kappa shape index (κ2) is 6.04. The highest BCUT2D eigenvalue weighted by atomic mass is 79.9. The maximum Gasteiger partial charge on any atom is 0.451 e. The van der Waals surface area contributed by atoms with Crippen LogP contribution in [0.25, 0.3) is 0 Å². The van der Waals surface area contributed by atoms with Crippen molar-refractivity contribution >= 4 is 33.3 Å². The number of hydrogen-bond acceptors (Lipinski definition) is 5. The van der Waals surface area contributed by atoms with Crippen LogP contribution in [-0.2, 0) is 6.18 Å². The monoisotopic (exact) mass is 382 g/mol. The van der Waals surface area contributed by atoms with Crippen molar-refractivity contribution in [3.8, 4) is 11.6 Å². The van der Waals surface area contributed by atoms with Crippen molar-refractivity contribution in [2.75, 3.05) is 5.43 Å². The first kappa shape index (κ1) is 15.8. The van der Waals surface area contributed by atoms with Crippen molar-refractivity contribution in [1.82, 2.24) is 9.97 Å². The number of rotatable bonds is 3. The highest BCUT2D eigenvalue weighted by molar-refractivity contribution is 9.10. The van der Waals surface area contributed by atoms with Gasteiger partial charge in [-0.1, -0.05) is 11.6 Å². The molecule has 1 heterocycles. The highest BCUT2D eigenvalue weighted by Crippen LogP contribution is 2.33. The Labute approximate surface area is 130 Å². The molecule has 0 spiro atoms. The minimum atomic E-state index is -4.72. The summed E-state index contributed by atoms with van der Waals surface area (Å²) in [6.45, 7) is 0. The van der Waals surface area contributed by atoms with Gasteiger partial charge in [-0.15, -0.1) is 0 Å². The van der Waals surface area contributed by atoms with Gasteiger partial charge >= 0.3 is 6.18 Å². The molecular weight excluding hydrogens is 376 g/mol. The normalized spacial score (nSPS) is 11.3. The molecule has 112 valence electrons. The van der Waals surface area contributed by atoms with Crippen molar-refractivity contribution < 1.29 is 17.9 Å². The summed E-state index contributed by atoms with van der Waals surface area (Å²) in [6, 6.07) is 5.67. The highest BCUT2D eigenvalue weighted by Gasteiger charge is 2.35. The molecule has 0 saturated carbocycles. The number of nitrogens with zero attached hydrogens (tertiary/aromatic N) is 2. The van der Waals surface area contributed by atoms with E-state index >= 15 is 0 Å². The number of halogens is 5. The van der Waals surface area contributed by atoms with Crippen LogP contribution >= 0.6 is 27.5 Å². The van der Waals surface area contributed by atoms with Gasteiger partial charge in [-0.25, -0.2) is 10.8 Å².